The van der Waals surface area contributed by atoms with Gasteiger partial charge in [-0.3, -0.25) is 0 Å². The van der Waals surface area contributed by atoms with Crippen LogP contribution in [0.4, 0.5) is 29.8 Å². The van der Waals surface area contributed by atoms with Gasteiger partial charge in [0.05, 0.1) is 16.3 Å². The van der Waals surface area contributed by atoms with Gasteiger partial charge in [-0.25, -0.2) is 15.0 Å². The van der Waals surface area contributed by atoms with Gasteiger partial charge in [0.1, 0.15) is 11.3 Å². The van der Waals surface area contributed by atoms with Crippen LogP contribution in [-0.2, 0) is 6.18 Å². The molecule has 0 saturated carbocycles. The van der Waals surface area contributed by atoms with E-state index in [2.05, 4.69) is 32.2 Å². The molecule has 0 bridgehead atoms. The highest BCUT2D eigenvalue weighted by Crippen LogP contribution is 2.34. The molecule has 174 valence electrons. The molecule has 3 rings (SSSR count). The molecule has 0 amide bonds. The third-order valence-electron chi connectivity index (χ3n) is 4.50. The van der Waals surface area contributed by atoms with Gasteiger partial charge in [0, 0.05) is 11.6 Å². The van der Waals surface area contributed by atoms with Crippen molar-refractivity contribution in [3.8, 4) is 0 Å². The lowest BCUT2D eigenvalue weighted by Crippen LogP contribution is -2.05. The van der Waals surface area contributed by atoms with E-state index in [1.54, 1.807) is 12.2 Å². The molecule has 0 aliphatic heterocycles. The van der Waals surface area contributed by atoms with Gasteiger partial charge in [0.25, 0.3) is 0 Å². The lowest BCUT2D eigenvalue weighted by Gasteiger charge is -2.11. The molecule has 0 unspecified atom stereocenters. The number of hydrogen-bond acceptors (Lipinski definition) is 6. The molecule has 0 spiro atoms. The number of anilines is 3. The van der Waals surface area contributed by atoms with E-state index in [4.69, 9.17) is 11.6 Å². The number of thiazole rings is 1. The van der Waals surface area contributed by atoms with E-state index in [1.165, 1.54) is 23.5 Å². The average molecular weight is 494 g/mol. The monoisotopic (exact) mass is 493 g/mol. The van der Waals surface area contributed by atoms with E-state index in [9.17, 15) is 13.2 Å². The summed E-state index contributed by atoms with van der Waals surface area (Å²) in [6.07, 6.45) is -1.12. The van der Waals surface area contributed by atoms with Gasteiger partial charge in [-0.2, -0.15) is 13.2 Å². The van der Waals surface area contributed by atoms with Gasteiger partial charge in [-0.05, 0) is 44.2 Å². The minimum atomic E-state index is -4.40. The smallest absolute Gasteiger partial charge is 0.338 e. The second-order valence-electron chi connectivity index (χ2n) is 7.71. The summed E-state index contributed by atoms with van der Waals surface area (Å²) in [5.74, 6) is 1.05. The second-order valence-corrected chi connectivity index (χ2v) is 9.09. The van der Waals surface area contributed by atoms with Crippen LogP contribution in [-0.4, -0.2) is 15.0 Å². The minimum absolute atomic E-state index is 0.0411. The maximum Gasteiger partial charge on any atom is 0.416 e. The van der Waals surface area contributed by atoms with Crippen LogP contribution in [0.25, 0.3) is 10.3 Å². The first kappa shape index (κ1) is 24.7. The summed E-state index contributed by atoms with van der Waals surface area (Å²) in [6, 6.07) is 4.76. The number of hydrogen-bond donors (Lipinski definition) is 2. The van der Waals surface area contributed by atoms with Crippen LogP contribution in [0.5, 0.6) is 0 Å². The first-order chi connectivity index (χ1) is 15.5. The Morgan fingerprint density at radius 3 is 2.33 bits per heavy atom. The number of rotatable bonds is 7. The summed E-state index contributed by atoms with van der Waals surface area (Å²) in [5, 5.41) is 7.37. The summed E-state index contributed by atoms with van der Waals surface area (Å²) in [5.41, 5.74) is 1.90. The Kier molecular flexibility index (Phi) is 7.44. The summed E-state index contributed by atoms with van der Waals surface area (Å²) >= 11 is 7.70. The minimum Gasteiger partial charge on any atom is -0.338 e. The molecule has 1 aromatic carbocycles. The molecule has 3 aromatic rings. The van der Waals surface area contributed by atoms with E-state index in [1.807, 2.05) is 27.7 Å². The molecule has 5 nitrogen and oxygen atoms in total. The summed E-state index contributed by atoms with van der Waals surface area (Å²) < 4.78 is 38.7. The van der Waals surface area contributed by atoms with E-state index >= 15 is 0 Å². The van der Waals surface area contributed by atoms with Crippen molar-refractivity contribution in [1.82, 2.24) is 15.0 Å². The molecule has 2 N–H and O–H groups in total. The van der Waals surface area contributed by atoms with Crippen LogP contribution in [0.3, 0.4) is 0 Å². The molecule has 0 radical (unpaired) electrons. The fraction of sp³-hybridized carbons (Fsp3) is 0.261. The number of benzene rings is 1. The third-order valence-corrected chi connectivity index (χ3v) is 5.68. The Morgan fingerprint density at radius 1 is 1.12 bits per heavy atom. The van der Waals surface area contributed by atoms with Gasteiger partial charge in [-0.1, -0.05) is 55.0 Å². The van der Waals surface area contributed by atoms with E-state index in [0.29, 0.717) is 43.5 Å². The zero-order valence-corrected chi connectivity index (χ0v) is 20.1. The molecule has 0 aliphatic rings. The number of nitrogens with zero attached hydrogens (tertiary/aromatic N) is 3. The van der Waals surface area contributed by atoms with Crippen LogP contribution in [0.2, 0.25) is 0 Å². The maximum atomic E-state index is 12.9. The largest absolute Gasteiger partial charge is 0.416 e. The normalized spacial score (nSPS) is 12.2. The molecular weight excluding hydrogens is 471 g/mol. The van der Waals surface area contributed by atoms with Crippen molar-refractivity contribution in [2.24, 2.45) is 0 Å². The lowest BCUT2D eigenvalue weighted by atomic mass is 10.2. The zero-order chi connectivity index (χ0) is 24.3. The van der Waals surface area contributed by atoms with Crippen LogP contribution in [0.1, 0.15) is 45.0 Å². The summed E-state index contributed by atoms with van der Waals surface area (Å²) in [7, 11) is 0. The predicted octanol–water partition coefficient (Wildman–Crippen LogP) is 7.99. The Morgan fingerprint density at radius 2 is 1.79 bits per heavy atom. The predicted molar refractivity (Wildman–Crippen MR) is 130 cm³/mol. The second kappa shape index (κ2) is 9.93. The van der Waals surface area contributed by atoms with Crippen molar-refractivity contribution in [3.63, 3.8) is 0 Å². The van der Waals surface area contributed by atoms with Crippen molar-refractivity contribution in [1.29, 1.82) is 0 Å². The number of allylic oxidation sites excluding steroid dienone is 4. The number of halogens is 4. The van der Waals surface area contributed by atoms with Crippen LogP contribution >= 0.6 is 22.9 Å². The number of fused-ring (bicyclic) bond motifs is 1. The molecule has 2 heterocycles. The highest BCUT2D eigenvalue weighted by atomic mass is 35.5. The standard InChI is InChI=1S/C23H23ClF3N5S/c1-6-7-16(24)17(12(2)3)29-22-30-18-20(31-19(13(4)5)32-21(18)33-22)28-15-10-8-14(9-11-15)23(25,26)27/h6-11,13H,1H2,2-5H3,(H,29,30)(H,28,31,32)/b16-7+. The van der Waals surface area contributed by atoms with Gasteiger partial charge >= 0.3 is 6.18 Å². The highest BCUT2D eigenvalue weighted by Gasteiger charge is 2.30. The Bertz CT molecular complexity index is 1220. The summed E-state index contributed by atoms with van der Waals surface area (Å²) in [6.45, 7) is 11.4. The molecule has 0 fully saturated rings. The Balaban J connectivity index is 2.02. The van der Waals surface area contributed by atoms with Crippen molar-refractivity contribution < 1.29 is 13.2 Å². The average Bonchev–Trinajstić information content (AvgIpc) is 3.14. The first-order valence-corrected chi connectivity index (χ1v) is 11.2. The highest BCUT2D eigenvalue weighted by molar-refractivity contribution is 7.21. The van der Waals surface area contributed by atoms with Crippen LogP contribution < -0.4 is 10.6 Å². The first-order valence-electron chi connectivity index (χ1n) is 10.1. The Labute approximate surface area is 199 Å². The topological polar surface area (TPSA) is 62.7 Å². The van der Waals surface area contributed by atoms with Crippen LogP contribution in [0, 0.1) is 0 Å². The van der Waals surface area contributed by atoms with Crippen LogP contribution in [0.15, 0.2) is 59.3 Å². The van der Waals surface area contributed by atoms with Crippen molar-refractivity contribution in [3.05, 3.63) is 70.7 Å². The summed E-state index contributed by atoms with van der Waals surface area (Å²) in [4.78, 5) is 14.4. The molecule has 2 aromatic heterocycles. The van der Waals surface area contributed by atoms with Gasteiger partial charge in [0.15, 0.2) is 15.8 Å². The molecule has 0 atom stereocenters. The molecule has 33 heavy (non-hydrogen) atoms. The number of nitrogens with one attached hydrogen (secondary N) is 2. The van der Waals surface area contributed by atoms with Crippen molar-refractivity contribution >= 4 is 49.9 Å². The fourth-order valence-corrected chi connectivity index (χ4v) is 4.01. The number of aromatic nitrogens is 3. The molecular formula is C23H23ClF3N5S. The van der Waals surface area contributed by atoms with Gasteiger partial charge in [0.2, 0.25) is 0 Å². The lowest BCUT2D eigenvalue weighted by molar-refractivity contribution is -0.137. The van der Waals surface area contributed by atoms with E-state index in [0.717, 1.165) is 17.7 Å². The molecule has 10 heteroatoms. The fourth-order valence-electron chi connectivity index (χ4n) is 2.83. The zero-order valence-electron chi connectivity index (χ0n) is 18.5. The van der Waals surface area contributed by atoms with Gasteiger partial charge in [-0.15, -0.1) is 0 Å². The molecule has 0 saturated heterocycles. The van der Waals surface area contributed by atoms with E-state index in [-0.39, 0.29) is 5.92 Å². The molecule has 0 aliphatic carbocycles. The van der Waals surface area contributed by atoms with E-state index < -0.39 is 11.7 Å². The number of alkyl halides is 3. The van der Waals surface area contributed by atoms with Crippen molar-refractivity contribution in [2.45, 2.75) is 39.8 Å². The quantitative estimate of drug-likeness (QED) is 0.326. The van der Waals surface area contributed by atoms with Crippen molar-refractivity contribution in [2.75, 3.05) is 10.6 Å². The third kappa shape index (κ3) is 5.91. The SMILES string of the molecule is C=C/C=C(/Cl)C(Nc1nc2c(Nc3ccc(C(F)(F)F)cc3)nc(C(C)C)nc2s1)=C(C)C. The van der Waals surface area contributed by atoms with Gasteiger partial charge < -0.3 is 10.6 Å². The Hall–Kier alpha value is -2.91. The maximum absolute atomic E-state index is 12.9.